The van der Waals surface area contributed by atoms with Crippen LogP contribution in [0.2, 0.25) is 0 Å². The summed E-state index contributed by atoms with van der Waals surface area (Å²) in [7, 11) is 0. The summed E-state index contributed by atoms with van der Waals surface area (Å²) < 4.78 is 0. The van der Waals surface area contributed by atoms with Gasteiger partial charge in [-0.2, -0.15) is 0 Å². The lowest BCUT2D eigenvalue weighted by atomic mass is 9.77. The molecule has 1 saturated carbocycles. The Kier molecular flexibility index (Phi) is 5.28. The van der Waals surface area contributed by atoms with E-state index in [0.717, 1.165) is 31.6 Å². The highest BCUT2D eigenvalue weighted by Gasteiger charge is 2.53. The molecule has 4 heteroatoms. The van der Waals surface area contributed by atoms with Crippen molar-refractivity contribution in [3.05, 3.63) is 66.2 Å². The van der Waals surface area contributed by atoms with Crippen molar-refractivity contribution in [3.63, 3.8) is 0 Å². The number of likely N-dealkylation sites (tertiary alicyclic amines) is 1. The van der Waals surface area contributed by atoms with Gasteiger partial charge in [-0.1, -0.05) is 61.4 Å². The normalized spacial score (nSPS) is 29.2. The maximum Gasteiger partial charge on any atom is 0.247 e. The van der Waals surface area contributed by atoms with Crippen molar-refractivity contribution >= 4 is 11.6 Å². The Morgan fingerprint density at radius 3 is 2.23 bits per heavy atom. The van der Waals surface area contributed by atoms with Crippen molar-refractivity contribution in [3.8, 4) is 0 Å². The summed E-state index contributed by atoms with van der Waals surface area (Å²) in [6.07, 6.45) is 7.05. The molecule has 1 amide bonds. The van der Waals surface area contributed by atoms with Crippen LogP contribution in [0.1, 0.15) is 56.9 Å². The van der Waals surface area contributed by atoms with Gasteiger partial charge in [0.2, 0.25) is 5.91 Å². The number of nitrogens with zero attached hydrogens (tertiary/aromatic N) is 2. The monoisotopic (exact) mass is 403 g/mol. The summed E-state index contributed by atoms with van der Waals surface area (Å²) in [6.45, 7) is 4.10. The third-order valence-electron chi connectivity index (χ3n) is 7.70. The Morgan fingerprint density at radius 2 is 1.53 bits per heavy atom. The van der Waals surface area contributed by atoms with Crippen molar-refractivity contribution in [2.24, 2.45) is 0 Å². The highest BCUT2D eigenvalue weighted by Crippen LogP contribution is 2.42. The quantitative estimate of drug-likeness (QED) is 0.818. The Hall–Kier alpha value is -2.33. The molecule has 2 aliphatic heterocycles. The molecule has 0 aromatic heterocycles. The first-order valence-electron chi connectivity index (χ1n) is 11.6. The Bertz CT molecular complexity index is 860. The van der Waals surface area contributed by atoms with Crippen molar-refractivity contribution < 1.29 is 4.79 Å². The molecular formula is C26H33N3O. The molecule has 3 aliphatic rings. The largest absolute Gasteiger partial charge is 0.337 e. The summed E-state index contributed by atoms with van der Waals surface area (Å²) in [6, 6.07) is 22.1. The fraction of sp³-hybridized carbons (Fsp3) is 0.500. The van der Waals surface area contributed by atoms with Crippen molar-refractivity contribution in [1.82, 2.24) is 10.2 Å². The number of nitrogens with one attached hydrogen (secondary N) is 1. The zero-order valence-corrected chi connectivity index (χ0v) is 18.0. The molecule has 158 valence electrons. The second kappa shape index (κ2) is 8.07. The van der Waals surface area contributed by atoms with Crippen LogP contribution in [-0.4, -0.2) is 41.6 Å². The SMILES string of the molecule is C[C@@H]1NC(=O)C2(CCN(C3CCCCC3c3ccccc3)CC2)N1c1ccccc1. The van der Waals surface area contributed by atoms with E-state index in [0.29, 0.717) is 12.0 Å². The number of piperidine rings is 1. The molecule has 2 aromatic rings. The smallest absolute Gasteiger partial charge is 0.247 e. The molecule has 0 radical (unpaired) electrons. The number of para-hydroxylation sites is 1. The summed E-state index contributed by atoms with van der Waals surface area (Å²) in [4.78, 5) is 18.2. The molecule has 2 saturated heterocycles. The van der Waals surface area contributed by atoms with Crippen molar-refractivity contribution in [2.75, 3.05) is 18.0 Å². The number of carbonyl (C=O) groups excluding carboxylic acids is 1. The van der Waals surface area contributed by atoms with Crippen molar-refractivity contribution in [1.29, 1.82) is 0 Å². The lowest BCUT2D eigenvalue weighted by molar-refractivity contribution is -0.125. The van der Waals surface area contributed by atoms with Gasteiger partial charge in [0.1, 0.15) is 5.54 Å². The summed E-state index contributed by atoms with van der Waals surface area (Å²) in [5.74, 6) is 0.831. The van der Waals surface area contributed by atoms with Crippen LogP contribution >= 0.6 is 0 Å². The number of hydrogen-bond donors (Lipinski definition) is 1. The van der Waals surface area contributed by atoms with E-state index in [-0.39, 0.29) is 12.1 Å². The van der Waals surface area contributed by atoms with Gasteiger partial charge in [0.15, 0.2) is 0 Å². The molecule has 30 heavy (non-hydrogen) atoms. The molecule has 2 aromatic carbocycles. The van der Waals surface area contributed by atoms with Gasteiger partial charge in [0.05, 0.1) is 6.17 Å². The van der Waals surface area contributed by atoms with E-state index in [1.807, 2.05) is 6.07 Å². The van der Waals surface area contributed by atoms with Crippen LogP contribution in [0.5, 0.6) is 0 Å². The Balaban J connectivity index is 1.36. The van der Waals surface area contributed by atoms with E-state index >= 15 is 0 Å². The minimum Gasteiger partial charge on any atom is -0.337 e. The second-order valence-corrected chi connectivity index (χ2v) is 9.29. The Morgan fingerprint density at radius 1 is 0.900 bits per heavy atom. The minimum atomic E-state index is -0.409. The van der Waals surface area contributed by atoms with Gasteiger partial charge >= 0.3 is 0 Å². The number of benzene rings is 2. The molecule has 2 unspecified atom stereocenters. The molecule has 3 fully saturated rings. The van der Waals surface area contributed by atoms with E-state index in [1.165, 1.54) is 31.2 Å². The van der Waals surface area contributed by atoms with Gasteiger partial charge in [-0.3, -0.25) is 9.69 Å². The van der Waals surface area contributed by atoms with Gasteiger partial charge in [0, 0.05) is 24.8 Å². The highest BCUT2D eigenvalue weighted by molar-refractivity contribution is 5.94. The first-order chi connectivity index (χ1) is 14.7. The highest BCUT2D eigenvalue weighted by atomic mass is 16.2. The van der Waals surface area contributed by atoms with E-state index in [4.69, 9.17) is 0 Å². The predicted octanol–water partition coefficient (Wildman–Crippen LogP) is 4.53. The number of anilines is 1. The average molecular weight is 404 g/mol. The van der Waals surface area contributed by atoms with Gasteiger partial charge in [-0.25, -0.2) is 0 Å². The van der Waals surface area contributed by atoms with E-state index in [2.05, 4.69) is 76.6 Å². The zero-order chi connectivity index (χ0) is 20.6. The molecule has 4 nitrogen and oxygen atoms in total. The molecule has 1 spiro atoms. The van der Waals surface area contributed by atoms with Crippen LogP contribution in [0.25, 0.3) is 0 Å². The van der Waals surface area contributed by atoms with Crippen LogP contribution in [0.3, 0.4) is 0 Å². The fourth-order valence-electron chi connectivity index (χ4n) is 6.26. The number of carbonyl (C=O) groups is 1. The third kappa shape index (κ3) is 3.31. The Labute approximate surface area is 180 Å². The first kappa shape index (κ1) is 19.6. The van der Waals surface area contributed by atoms with Crippen LogP contribution < -0.4 is 10.2 Å². The van der Waals surface area contributed by atoms with Crippen LogP contribution in [0.4, 0.5) is 5.69 Å². The number of amides is 1. The predicted molar refractivity (Wildman–Crippen MR) is 122 cm³/mol. The molecular weight excluding hydrogens is 370 g/mol. The van der Waals surface area contributed by atoms with Crippen LogP contribution in [0, 0.1) is 0 Å². The van der Waals surface area contributed by atoms with Gasteiger partial charge in [-0.05, 0) is 56.2 Å². The maximum absolute atomic E-state index is 13.1. The van der Waals surface area contributed by atoms with E-state index in [9.17, 15) is 4.79 Å². The molecule has 3 atom stereocenters. The summed E-state index contributed by atoms with van der Waals surface area (Å²) in [5, 5.41) is 3.22. The molecule has 1 N–H and O–H groups in total. The van der Waals surface area contributed by atoms with Gasteiger partial charge < -0.3 is 10.2 Å². The second-order valence-electron chi connectivity index (χ2n) is 9.29. The van der Waals surface area contributed by atoms with Crippen LogP contribution in [-0.2, 0) is 4.79 Å². The molecule has 5 rings (SSSR count). The van der Waals surface area contributed by atoms with Crippen molar-refractivity contribution in [2.45, 2.75) is 69.1 Å². The van der Waals surface area contributed by atoms with E-state index in [1.54, 1.807) is 0 Å². The average Bonchev–Trinajstić information content (AvgIpc) is 3.04. The topological polar surface area (TPSA) is 35.6 Å². The lowest BCUT2D eigenvalue weighted by Crippen LogP contribution is -2.59. The molecule has 1 aliphatic carbocycles. The third-order valence-corrected chi connectivity index (χ3v) is 7.70. The number of rotatable bonds is 3. The minimum absolute atomic E-state index is 0.0400. The fourth-order valence-corrected chi connectivity index (χ4v) is 6.26. The number of hydrogen-bond acceptors (Lipinski definition) is 3. The van der Waals surface area contributed by atoms with Gasteiger partial charge in [0.25, 0.3) is 0 Å². The van der Waals surface area contributed by atoms with Gasteiger partial charge in [-0.15, -0.1) is 0 Å². The zero-order valence-electron chi connectivity index (χ0n) is 18.0. The maximum atomic E-state index is 13.1. The van der Waals surface area contributed by atoms with E-state index < -0.39 is 5.54 Å². The summed E-state index contributed by atoms with van der Waals surface area (Å²) >= 11 is 0. The van der Waals surface area contributed by atoms with Crippen LogP contribution in [0.15, 0.2) is 60.7 Å². The lowest BCUT2D eigenvalue weighted by Gasteiger charge is -2.48. The summed E-state index contributed by atoms with van der Waals surface area (Å²) in [5.41, 5.74) is 2.23. The first-order valence-corrected chi connectivity index (χ1v) is 11.6. The molecule has 0 bridgehead atoms. The molecule has 2 heterocycles. The standard InChI is InChI=1S/C26H33N3O/c1-20-27-25(30)26(29(20)22-12-6-3-7-13-22)16-18-28(19-17-26)24-15-9-8-14-23(24)21-10-4-2-5-11-21/h2-7,10-13,20,23-24H,8-9,14-19H2,1H3,(H,27,30)/t20-,23?,24?/m1/s1.